The molecule has 106 valence electrons. The fraction of sp³-hybridized carbons (Fsp3) is 0. The summed E-state index contributed by atoms with van der Waals surface area (Å²) in [5.74, 6) is -0.424. The second-order valence-corrected chi connectivity index (χ2v) is 5.49. The molecule has 2 heterocycles. The molecule has 0 radical (unpaired) electrons. The normalized spacial score (nSPS) is 11.1. The Morgan fingerprint density at radius 3 is 2.91 bits per heavy atom. The quantitative estimate of drug-likeness (QED) is 0.590. The highest BCUT2D eigenvalue weighted by Crippen LogP contribution is 2.22. The van der Waals surface area contributed by atoms with Crippen molar-refractivity contribution >= 4 is 39.9 Å². The minimum atomic E-state index is -0.424. The van der Waals surface area contributed by atoms with Crippen molar-refractivity contribution in [3.8, 4) is 6.07 Å². The van der Waals surface area contributed by atoms with E-state index >= 15 is 0 Å². The number of hydrogen-bond donors (Lipinski definition) is 1. The Balaban J connectivity index is 1.91. The molecule has 0 atom stereocenters. The van der Waals surface area contributed by atoms with E-state index in [1.54, 1.807) is 18.3 Å². The smallest absolute Gasteiger partial charge is 0.266 e. The van der Waals surface area contributed by atoms with Gasteiger partial charge in [0.25, 0.3) is 5.91 Å². The van der Waals surface area contributed by atoms with Crippen LogP contribution in [0.4, 0.5) is 5.69 Å². The molecule has 0 spiro atoms. The van der Waals surface area contributed by atoms with Gasteiger partial charge in [-0.1, -0.05) is 12.1 Å². The third-order valence-electron chi connectivity index (χ3n) is 3.09. The molecule has 3 aromatic rings. The first-order valence-electron chi connectivity index (χ1n) is 6.58. The number of amides is 1. The molecule has 0 fully saturated rings. The van der Waals surface area contributed by atoms with Gasteiger partial charge in [0.05, 0.1) is 11.2 Å². The van der Waals surface area contributed by atoms with Crippen LogP contribution in [0.15, 0.2) is 59.6 Å². The van der Waals surface area contributed by atoms with Crippen molar-refractivity contribution in [2.75, 3.05) is 5.32 Å². The lowest BCUT2D eigenvalue weighted by molar-refractivity contribution is -0.112. The Morgan fingerprint density at radius 2 is 2.14 bits per heavy atom. The monoisotopic (exact) mass is 305 g/mol. The largest absolute Gasteiger partial charge is 0.321 e. The minimum Gasteiger partial charge on any atom is -0.321 e. The van der Waals surface area contributed by atoms with E-state index in [9.17, 15) is 10.1 Å². The molecule has 3 rings (SSSR count). The number of nitrogens with zero attached hydrogens (tertiary/aromatic N) is 2. The molecule has 1 N–H and O–H groups in total. The van der Waals surface area contributed by atoms with Crippen LogP contribution in [0.2, 0.25) is 0 Å². The van der Waals surface area contributed by atoms with Gasteiger partial charge < -0.3 is 5.32 Å². The van der Waals surface area contributed by atoms with Gasteiger partial charge in [0.2, 0.25) is 0 Å². The average molecular weight is 305 g/mol. The summed E-state index contributed by atoms with van der Waals surface area (Å²) in [5, 5.41) is 14.7. The van der Waals surface area contributed by atoms with E-state index in [0.717, 1.165) is 15.8 Å². The summed E-state index contributed by atoms with van der Waals surface area (Å²) < 4.78 is 0. The third kappa shape index (κ3) is 2.87. The number of thiophene rings is 1. The van der Waals surface area contributed by atoms with Gasteiger partial charge in [-0.2, -0.15) is 5.26 Å². The van der Waals surface area contributed by atoms with Crippen LogP contribution in [-0.4, -0.2) is 10.9 Å². The highest BCUT2D eigenvalue weighted by atomic mass is 32.1. The van der Waals surface area contributed by atoms with E-state index in [1.165, 1.54) is 11.3 Å². The zero-order chi connectivity index (χ0) is 15.4. The zero-order valence-electron chi connectivity index (χ0n) is 11.5. The molecule has 0 aliphatic heterocycles. The topological polar surface area (TPSA) is 65.8 Å². The number of nitrogens with one attached hydrogen (secondary N) is 1. The van der Waals surface area contributed by atoms with E-state index in [0.29, 0.717) is 5.69 Å². The van der Waals surface area contributed by atoms with Crippen molar-refractivity contribution in [3.05, 3.63) is 64.5 Å². The van der Waals surface area contributed by atoms with Crippen LogP contribution in [0.3, 0.4) is 0 Å². The third-order valence-corrected chi connectivity index (χ3v) is 3.91. The maximum atomic E-state index is 12.3. The summed E-state index contributed by atoms with van der Waals surface area (Å²) in [7, 11) is 0. The van der Waals surface area contributed by atoms with Gasteiger partial charge in [0, 0.05) is 16.5 Å². The number of carbonyl (C=O) groups excluding carboxylic acids is 1. The summed E-state index contributed by atoms with van der Waals surface area (Å²) >= 11 is 1.48. The standard InChI is InChI=1S/C17H11N3OS/c18-11-12(10-13-4-3-9-22-13)17(21)20-16-7-1-6-15-14(16)5-2-8-19-15/h1-10H,(H,20,21). The van der Waals surface area contributed by atoms with Crippen molar-refractivity contribution in [1.82, 2.24) is 4.98 Å². The Hall–Kier alpha value is -2.97. The van der Waals surface area contributed by atoms with Crippen LogP contribution < -0.4 is 5.32 Å². The maximum absolute atomic E-state index is 12.3. The fourth-order valence-corrected chi connectivity index (χ4v) is 2.72. The summed E-state index contributed by atoms with van der Waals surface area (Å²) in [5.41, 5.74) is 1.51. The van der Waals surface area contributed by atoms with Gasteiger partial charge in [0.1, 0.15) is 11.6 Å². The van der Waals surface area contributed by atoms with Gasteiger partial charge in [-0.25, -0.2) is 0 Å². The van der Waals surface area contributed by atoms with E-state index in [2.05, 4.69) is 10.3 Å². The summed E-state index contributed by atoms with van der Waals surface area (Å²) in [6, 6.07) is 14.9. The molecule has 0 aliphatic rings. The van der Waals surface area contributed by atoms with E-state index in [4.69, 9.17) is 0 Å². The van der Waals surface area contributed by atoms with Crippen molar-refractivity contribution in [2.24, 2.45) is 0 Å². The molecule has 0 saturated heterocycles. The van der Waals surface area contributed by atoms with Crippen LogP contribution in [0, 0.1) is 11.3 Å². The first kappa shape index (κ1) is 14.0. The van der Waals surface area contributed by atoms with Crippen LogP contribution in [0.1, 0.15) is 4.88 Å². The fourth-order valence-electron chi connectivity index (χ4n) is 2.07. The van der Waals surface area contributed by atoms with Gasteiger partial charge in [-0.05, 0) is 41.8 Å². The Morgan fingerprint density at radius 1 is 1.23 bits per heavy atom. The number of rotatable bonds is 3. The average Bonchev–Trinajstić information content (AvgIpc) is 3.06. The Kier molecular flexibility index (Phi) is 3.95. The SMILES string of the molecule is N#CC(=Cc1cccs1)C(=O)Nc1cccc2ncccc12. The summed E-state index contributed by atoms with van der Waals surface area (Å²) in [4.78, 5) is 17.4. The maximum Gasteiger partial charge on any atom is 0.266 e. The second kappa shape index (κ2) is 6.20. The van der Waals surface area contributed by atoms with Gasteiger partial charge in [-0.3, -0.25) is 9.78 Å². The number of carbonyl (C=O) groups is 1. The predicted octanol–water partition coefficient (Wildman–Crippen LogP) is 3.84. The summed E-state index contributed by atoms with van der Waals surface area (Å²) in [6.07, 6.45) is 3.29. The van der Waals surface area contributed by atoms with Gasteiger partial charge in [-0.15, -0.1) is 11.3 Å². The first-order chi connectivity index (χ1) is 10.8. The molecule has 0 saturated carbocycles. The predicted molar refractivity (Wildman–Crippen MR) is 88.3 cm³/mol. The van der Waals surface area contributed by atoms with E-state index in [1.807, 2.05) is 47.8 Å². The van der Waals surface area contributed by atoms with Crippen molar-refractivity contribution in [2.45, 2.75) is 0 Å². The highest BCUT2D eigenvalue weighted by molar-refractivity contribution is 7.10. The minimum absolute atomic E-state index is 0.0725. The van der Waals surface area contributed by atoms with Crippen LogP contribution >= 0.6 is 11.3 Å². The van der Waals surface area contributed by atoms with Crippen LogP contribution in [0.25, 0.3) is 17.0 Å². The van der Waals surface area contributed by atoms with E-state index in [-0.39, 0.29) is 5.57 Å². The van der Waals surface area contributed by atoms with Crippen LogP contribution in [0.5, 0.6) is 0 Å². The lowest BCUT2D eigenvalue weighted by Gasteiger charge is -2.07. The molecule has 2 aromatic heterocycles. The molecule has 0 aliphatic carbocycles. The molecular weight excluding hydrogens is 294 g/mol. The van der Waals surface area contributed by atoms with Gasteiger partial charge >= 0.3 is 0 Å². The van der Waals surface area contributed by atoms with Gasteiger partial charge in [0.15, 0.2) is 0 Å². The number of hydrogen-bond acceptors (Lipinski definition) is 4. The second-order valence-electron chi connectivity index (χ2n) is 4.52. The molecule has 4 nitrogen and oxygen atoms in total. The number of anilines is 1. The number of nitriles is 1. The molecule has 1 aromatic carbocycles. The zero-order valence-corrected chi connectivity index (χ0v) is 12.3. The molecule has 1 amide bonds. The summed E-state index contributed by atoms with van der Waals surface area (Å²) in [6.45, 7) is 0. The molecule has 5 heteroatoms. The van der Waals surface area contributed by atoms with E-state index < -0.39 is 5.91 Å². The number of fused-ring (bicyclic) bond motifs is 1. The molecular formula is C17H11N3OS. The van der Waals surface area contributed by atoms with Crippen molar-refractivity contribution < 1.29 is 4.79 Å². The van der Waals surface area contributed by atoms with Crippen molar-refractivity contribution in [1.29, 1.82) is 5.26 Å². The molecule has 0 bridgehead atoms. The first-order valence-corrected chi connectivity index (χ1v) is 7.46. The Bertz CT molecular complexity index is 886. The van der Waals surface area contributed by atoms with Crippen molar-refractivity contribution in [3.63, 3.8) is 0 Å². The highest BCUT2D eigenvalue weighted by Gasteiger charge is 2.11. The number of aromatic nitrogens is 1. The Labute approximate surface area is 131 Å². The lowest BCUT2D eigenvalue weighted by atomic mass is 10.1. The lowest BCUT2D eigenvalue weighted by Crippen LogP contribution is -2.13. The number of benzene rings is 1. The number of pyridine rings is 1. The van der Waals surface area contributed by atoms with Crippen LogP contribution in [-0.2, 0) is 4.79 Å². The molecule has 0 unspecified atom stereocenters. The molecule has 22 heavy (non-hydrogen) atoms.